The third-order valence-electron chi connectivity index (χ3n) is 2.59. The Morgan fingerprint density at radius 1 is 1.28 bits per heavy atom. The van der Waals surface area contributed by atoms with E-state index in [-0.39, 0.29) is 11.9 Å². The lowest BCUT2D eigenvalue weighted by molar-refractivity contribution is 0.554. The molecule has 1 aromatic carbocycles. The second-order valence-electron chi connectivity index (χ2n) is 3.79. The van der Waals surface area contributed by atoms with Crippen molar-refractivity contribution in [2.24, 2.45) is 5.84 Å². The van der Waals surface area contributed by atoms with Crippen LogP contribution in [0.15, 0.2) is 38.6 Å². The van der Waals surface area contributed by atoms with Gasteiger partial charge in [0.25, 0.3) is 0 Å². The normalized spacial score (nSPS) is 12.7. The minimum absolute atomic E-state index is 0.0440. The summed E-state index contributed by atoms with van der Waals surface area (Å²) in [4.78, 5) is 1.11. The number of hydrazine groups is 1. The Labute approximate surface area is 126 Å². The van der Waals surface area contributed by atoms with E-state index in [1.165, 1.54) is 12.1 Å². The molecule has 0 aliphatic carbocycles. The van der Waals surface area contributed by atoms with Crippen molar-refractivity contribution in [3.8, 4) is 0 Å². The molecule has 2 rings (SSSR count). The van der Waals surface area contributed by atoms with Gasteiger partial charge in [-0.3, -0.25) is 11.3 Å². The van der Waals surface area contributed by atoms with E-state index < -0.39 is 0 Å². The van der Waals surface area contributed by atoms with Gasteiger partial charge in [0, 0.05) is 13.8 Å². The largest absolute Gasteiger partial charge is 0.271 e. The van der Waals surface area contributed by atoms with Gasteiger partial charge in [0.15, 0.2) is 0 Å². The van der Waals surface area contributed by atoms with Crippen LogP contribution in [-0.2, 0) is 6.42 Å². The molecular weight excluding hydrogens is 383 g/mol. The number of hydrogen-bond acceptors (Lipinski definition) is 3. The van der Waals surface area contributed by atoms with Crippen LogP contribution in [0.4, 0.5) is 4.39 Å². The number of thiophene rings is 1. The molecule has 2 aromatic rings. The molecule has 1 heterocycles. The predicted molar refractivity (Wildman–Crippen MR) is 79.9 cm³/mol. The first kappa shape index (κ1) is 14.1. The Balaban J connectivity index is 2.26. The van der Waals surface area contributed by atoms with E-state index in [2.05, 4.69) is 37.3 Å². The van der Waals surface area contributed by atoms with Crippen molar-refractivity contribution in [1.82, 2.24) is 5.43 Å². The number of nitrogens with two attached hydrogens (primary N) is 1. The van der Waals surface area contributed by atoms with Gasteiger partial charge < -0.3 is 0 Å². The summed E-state index contributed by atoms with van der Waals surface area (Å²) in [5.41, 5.74) is 3.66. The van der Waals surface area contributed by atoms with Crippen molar-refractivity contribution in [2.75, 3.05) is 0 Å². The summed E-state index contributed by atoms with van der Waals surface area (Å²) in [5, 5.41) is 1.99. The van der Waals surface area contributed by atoms with Crippen LogP contribution in [0, 0.1) is 5.82 Å². The Morgan fingerprint density at radius 2 is 2.06 bits per heavy atom. The molecule has 0 fully saturated rings. The first-order valence-electron chi connectivity index (χ1n) is 5.24. The van der Waals surface area contributed by atoms with E-state index in [0.29, 0.717) is 6.42 Å². The SMILES string of the molecule is NNC(Cc1cc(F)ccc1Br)c1sccc1Br. The Hall–Kier alpha value is -0.270. The van der Waals surface area contributed by atoms with E-state index in [0.717, 1.165) is 19.4 Å². The minimum atomic E-state index is -0.241. The van der Waals surface area contributed by atoms with Gasteiger partial charge in [-0.2, -0.15) is 0 Å². The fourth-order valence-electron chi connectivity index (χ4n) is 1.70. The first-order valence-corrected chi connectivity index (χ1v) is 7.71. The molecule has 0 spiro atoms. The van der Waals surface area contributed by atoms with Gasteiger partial charge in [0.05, 0.1) is 6.04 Å². The van der Waals surface area contributed by atoms with Crippen LogP contribution in [-0.4, -0.2) is 0 Å². The third-order valence-corrected chi connectivity index (χ3v) is 5.35. The molecule has 18 heavy (non-hydrogen) atoms. The van der Waals surface area contributed by atoms with Gasteiger partial charge in [0.2, 0.25) is 0 Å². The lowest BCUT2D eigenvalue weighted by atomic mass is 10.1. The predicted octanol–water partition coefficient (Wildman–Crippen LogP) is 4.16. The van der Waals surface area contributed by atoms with Crippen molar-refractivity contribution >= 4 is 43.2 Å². The number of nitrogens with one attached hydrogen (secondary N) is 1. The number of rotatable bonds is 4. The molecule has 0 aliphatic rings. The summed E-state index contributed by atoms with van der Waals surface area (Å²) in [5.74, 6) is 5.35. The van der Waals surface area contributed by atoms with Crippen molar-refractivity contribution in [1.29, 1.82) is 0 Å². The molecule has 96 valence electrons. The summed E-state index contributed by atoms with van der Waals surface area (Å²) >= 11 is 8.52. The van der Waals surface area contributed by atoms with Gasteiger partial charge in [-0.25, -0.2) is 4.39 Å². The zero-order valence-corrected chi connectivity index (χ0v) is 13.3. The quantitative estimate of drug-likeness (QED) is 0.604. The van der Waals surface area contributed by atoms with Crippen molar-refractivity contribution in [2.45, 2.75) is 12.5 Å². The summed E-state index contributed by atoms with van der Waals surface area (Å²) < 4.78 is 15.1. The van der Waals surface area contributed by atoms with Crippen LogP contribution >= 0.6 is 43.2 Å². The van der Waals surface area contributed by atoms with Crippen LogP contribution < -0.4 is 11.3 Å². The summed E-state index contributed by atoms with van der Waals surface area (Å²) in [6, 6.07) is 6.60. The van der Waals surface area contributed by atoms with Gasteiger partial charge in [-0.05, 0) is 57.6 Å². The fraction of sp³-hybridized carbons (Fsp3) is 0.167. The zero-order valence-electron chi connectivity index (χ0n) is 9.29. The van der Waals surface area contributed by atoms with E-state index >= 15 is 0 Å². The smallest absolute Gasteiger partial charge is 0.123 e. The van der Waals surface area contributed by atoms with Crippen molar-refractivity contribution < 1.29 is 4.39 Å². The van der Waals surface area contributed by atoms with Crippen LogP contribution in [0.2, 0.25) is 0 Å². The van der Waals surface area contributed by atoms with Crippen molar-refractivity contribution in [3.63, 3.8) is 0 Å². The third kappa shape index (κ3) is 3.19. The molecule has 0 radical (unpaired) electrons. The molecule has 2 nitrogen and oxygen atoms in total. The monoisotopic (exact) mass is 392 g/mol. The molecule has 3 N–H and O–H groups in total. The molecule has 1 atom stereocenters. The van der Waals surface area contributed by atoms with Gasteiger partial charge in [-0.1, -0.05) is 15.9 Å². The lowest BCUT2D eigenvalue weighted by Crippen LogP contribution is -2.29. The zero-order chi connectivity index (χ0) is 13.1. The molecule has 1 aromatic heterocycles. The Kier molecular flexibility index (Phi) is 4.91. The topological polar surface area (TPSA) is 38.0 Å². The summed E-state index contributed by atoms with van der Waals surface area (Å²) in [6.45, 7) is 0. The highest BCUT2D eigenvalue weighted by Gasteiger charge is 2.16. The standard InChI is InChI=1S/C12H11Br2FN2S/c13-9-2-1-8(15)5-7(9)6-11(17-16)12-10(14)3-4-18-12/h1-5,11,17H,6,16H2. The average molecular weight is 394 g/mol. The summed E-state index contributed by atoms with van der Waals surface area (Å²) in [7, 11) is 0. The number of halogens is 3. The number of benzene rings is 1. The van der Waals surface area contributed by atoms with Crippen molar-refractivity contribution in [3.05, 3.63) is 54.8 Å². The highest BCUT2D eigenvalue weighted by atomic mass is 79.9. The lowest BCUT2D eigenvalue weighted by Gasteiger charge is -2.16. The molecule has 0 bridgehead atoms. The van der Waals surface area contributed by atoms with Gasteiger partial charge >= 0.3 is 0 Å². The van der Waals surface area contributed by atoms with E-state index in [4.69, 9.17) is 5.84 Å². The van der Waals surface area contributed by atoms with Gasteiger partial charge in [-0.15, -0.1) is 11.3 Å². The van der Waals surface area contributed by atoms with Crippen LogP contribution in [0.25, 0.3) is 0 Å². The molecule has 0 saturated carbocycles. The maximum Gasteiger partial charge on any atom is 0.123 e. The Bertz CT molecular complexity index is 545. The second kappa shape index (κ2) is 6.25. The molecular formula is C12H11Br2FN2S. The first-order chi connectivity index (χ1) is 8.61. The maximum atomic E-state index is 13.2. The van der Waals surface area contributed by atoms with E-state index in [1.807, 2.05) is 11.4 Å². The van der Waals surface area contributed by atoms with E-state index in [9.17, 15) is 4.39 Å². The summed E-state index contributed by atoms with van der Waals surface area (Å²) in [6.07, 6.45) is 0.619. The van der Waals surface area contributed by atoms with Crippen LogP contribution in [0.1, 0.15) is 16.5 Å². The Morgan fingerprint density at radius 3 is 2.67 bits per heavy atom. The number of hydrogen-bond donors (Lipinski definition) is 2. The molecule has 0 saturated heterocycles. The van der Waals surface area contributed by atoms with E-state index in [1.54, 1.807) is 17.4 Å². The molecule has 1 unspecified atom stereocenters. The maximum absolute atomic E-state index is 13.2. The fourth-order valence-corrected chi connectivity index (χ4v) is 3.82. The minimum Gasteiger partial charge on any atom is -0.271 e. The highest BCUT2D eigenvalue weighted by Crippen LogP contribution is 2.32. The average Bonchev–Trinajstić information content (AvgIpc) is 2.77. The molecule has 0 aliphatic heterocycles. The van der Waals surface area contributed by atoms with Crippen LogP contribution in [0.5, 0.6) is 0 Å². The molecule has 6 heteroatoms. The second-order valence-corrected chi connectivity index (χ2v) is 6.45. The van der Waals surface area contributed by atoms with Gasteiger partial charge in [0.1, 0.15) is 5.82 Å². The van der Waals surface area contributed by atoms with Crippen LogP contribution in [0.3, 0.4) is 0 Å². The molecule has 0 amide bonds. The highest BCUT2D eigenvalue weighted by molar-refractivity contribution is 9.10.